The van der Waals surface area contributed by atoms with E-state index >= 15 is 0 Å². The Balaban J connectivity index is 4.58. The Labute approximate surface area is 186 Å². The van der Waals surface area contributed by atoms with Gasteiger partial charge in [-0.2, -0.15) is 0 Å². The molecule has 0 aromatic rings. The quantitative estimate of drug-likeness (QED) is 0.119. The Hall–Kier alpha value is -1.77. The number of carboxylic acids is 2. The zero-order valence-electron chi connectivity index (χ0n) is 16.5. The van der Waals surface area contributed by atoms with E-state index in [2.05, 4.69) is 16.0 Å². The molecule has 0 aliphatic carbocycles. The second kappa shape index (κ2) is 16.0. The van der Waals surface area contributed by atoms with E-state index in [0.717, 1.165) is 24.6 Å². The highest BCUT2D eigenvalue weighted by molar-refractivity contribution is 8.23. The van der Waals surface area contributed by atoms with Crippen molar-refractivity contribution in [1.29, 1.82) is 0 Å². The Bertz CT molecular complexity index is 648. The lowest BCUT2D eigenvalue weighted by Gasteiger charge is -2.18. The maximum Gasteiger partial charge on any atom is 0.322 e. The zero-order chi connectivity index (χ0) is 23.1. The summed E-state index contributed by atoms with van der Waals surface area (Å²) in [4.78, 5) is 45.6. The van der Waals surface area contributed by atoms with Gasteiger partial charge in [0.25, 0.3) is 0 Å². The van der Waals surface area contributed by atoms with Crippen LogP contribution in [0.2, 0.25) is 0 Å². The molecular formula is C16H28N4O7S3. The number of amides is 2. The number of unbranched alkanes of at least 4 members (excludes halogenated alkanes) is 1. The Morgan fingerprint density at radius 2 is 1.83 bits per heavy atom. The number of carbonyl (C=O) groups is 4. The maximum absolute atomic E-state index is 12.2. The molecule has 0 rings (SSSR count). The SMILES string of the molecule is C[S@](=O)CCCCNC(=S)SC[C@H](NC(=O)CC[C@H](N)C(=O)O)C(=O)NCC(=O)O. The minimum absolute atomic E-state index is 0.0486. The van der Waals surface area contributed by atoms with Crippen molar-refractivity contribution in [2.45, 2.75) is 37.8 Å². The summed E-state index contributed by atoms with van der Waals surface area (Å²) in [5.74, 6) is -3.12. The molecule has 3 atom stereocenters. The molecule has 0 aromatic heterocycles. The molecule has 0 radical (unpaired) electrons. The minimum atomic E-state index is -1.24. The Morgan fingerprint density at radius 3 is 2.40 bits per heavy atom. The van der Waals surface area contributed by atoms with Crippen molar-refractivity contribution in [3.63, 3.8) is 0 Å². The highest BCUT2D eigenvalue weighted by atomic mass is 32.2. The van der Waals surface area contributed by atoms with Crippen molar-refractivity contribution in [2.75, 3.05) is 30.9 Å². The number of hydrogen-bond acceptors (Lipinski definition) is 8. The van der Waals surface area contributed by atoms with Crippen LogP contribution in [0.15, 0.2) is 0 Å². The molecule has 172 valence electrons. The molecule has 30 heavy (non-hydrogen) atoms. The lowest BCUT2D eigenvalue weighted by Crippen LogP contribution is -2.49. The predicted octanol–water partition coefficient (Wildman–Crippen LogP) is -1.37. The van der Waals surface area contributed by atoms with Gasteiger partial charge in [0, 0.05) is 41.5 Å². The van der Waals surface area contributed by atoms with Crippen molar-refractivity contribution < 1.29 is 33.6 Å². The fourth-order valence-corrected chi connectivity index (χ4v) is 3.65. The monoisotopic (exact) mass is 484 g/mol. The number of rotatable bonds is 15. The van der Waals surface area contributed by atoms with E-state index in [0.29, 0.717) is 16.6 Å². The van der Waals surface area contributed by atoms with Gasteiger partial charge in [-0.15, -0.1) is 0 Å². The van der Waals surface area contributed by atoms with E-state index in [1.165, 1.54) is 0 Å². The largest absolute Gasteiger partial charge is 0.480 e. The van der Waals surface area contributed by atoms with Crippen molar-refractivity contribution in [1.82, 2.24) is 16.0 Å². The number of nitrogens with two attached hydrogens (primary N) is 1. The van der Waals surface area contributed by atoms with E-state index < -0.39 is 53.2 Å². The lowest BCUT2D eigenvalue weighted by atomic mass is 10.1. The van der Waals surface area contributed by atoms with Crippen LogP contribution in [0.25, 0.3) is 0 Å². The maximum atomic E-state index is 12.2. The molecule has 11 nitrogen and oxygen atoms in total. The van der Waals surface area contributed by atoms with Crippen LogP contribution in [0.5, 0.6) is 0 Å². The van der Waals surface area contributed by atoms with E-state index in [9.17, 15) is 23.4 Å². The molecule has 0 spiro atoms. The molecule has 0 aliphatic rings. The number of aliphatic carboxylic acids is 2. The number of carbonyl (C=O) groups excluding carboxylic acids is 2. The summed E-state index contributed by atoms with van der Waals surface area (Å²) in [5.41, 5.74) is 5.35. The van der Waals surface area contributed by atoms with E-state index in [-0.39, 0.29) is 18.6 Å². The van der Waals surface area contributed by atoms with Crippen LogP contribution < -0.4 is 21.7 Å². The molecule has 0 saturated carbocycles. The molecule has 7 N–H and O–H groups in total. The molecule has 0 unspecified atom stereocenters. The highest BCUT2D eigenvalue weighted by Crippen LogP contribution is 2.07. The normalized spacial score (nSPS) is 13.5. The topological polar surface area (TPSA) is 188 Å². The van der Waals surface area contributed by atoms with Crippen LogP contribution in [0.1, 0.15) is 25.7 Å². The van der Waals surface area contributed by atoms with Crippen molar-refractivity contribution in [3.05, 3.63) is 0 Å². The first-order chi connectivity index (χ1) is 14.0. The van der Waals surface area contributed by atoms with Crippen LogP contribution in [-0.2, 0) is 30.0 Å². The molecule has 0 fully saturated rings. The van der Waals surface area contributed by atoms with E-state index in [4.69, 9.17) is 28.2 Å². The first kappa shape index (κ1) is 28.2. The summed E-state index contributed by atoms with van der Waals surface area (Å²) in [6.45, 7) is -0.0421. The van der Waals surface area contributed by atoms with Gasteiger partial charge in [-0.25, -0.2) is 0 Å². The van der Waals surface area contributed by atoms with E-state index in [1.807, 2.05) is 0 Å². The highest BCUT2D eigenvalue weighted by Gasteiger charge is 2.23. The summed E-state index contributed by atoms with van der Waals surface area (Å²) >= 11 is 6.27. The fraction of sp³-hybridized carbons (Fsp3) is 0.688. The standard InChI is InChI=1S/C16H28N4O7S3/c1-30(27)7-3-2-6-18-16(28)29-9-11(14(24)19-8-13(22)23)20-12(21)5-4-10(17)15(25)26/h10-11H,2-9,17H2,1H3,(H,18,28)(H,19,24)(H,20,21)(H,22,23)(H,25,26)/t10-,11-,30-/m0/s1. The average molecular weight is 485 g/mol. The van der Waals surface area contributed by atoms with Gasteiger partial charge >= 0.3 is 11.9 Å². The van der Waals surface area contributed by atoms with Crippen molar-refractivity contribution in [3.8, 4) is 0 Å². The molecule has 14 heteroatoms. The third kappa shape index (κ3) is 15.1. The molecule has 0 saturated heterocycles. The van der Waals surface area contributed by atoms with Gasteiger partial charge < -0.3 is 31.9 Å². The van der Waals surface area contributed by atoms with Crippen molar-refractivity contribution >= 4 is 62.9 Å². The third-order valence-electron chi connectivity index (χ3n) is 3.57. The lowest BCUT2D eigenvalue weighted by molar-refractivity contribution is -0.139. The van der Waals surface area contributed by atoms with Crippen LogP contribution in [0.4, 0.5) is 0 Å². The van der Waals surface area contributed by atoms with Gasteiger partial charge in [-0.1, -0.05) is 24.0 Å². The van der Waals surface area contributed by atoms with Gasteiger partial charge in [0.15, 0.2) is 0 Å². The number of nitrogens with one attached hydrogen (secondary N) is 3. The van der Waals surface area contributed by atoms with Crippen LogP contribution in [0, 0.1) is 0 Å². The Kier molecular flexibility index (Phi) is 15.0. The number of carboxylic acid groups (broad SMARTS) is 2. The molecular weight excluding hydrogens is 456 g/mol. The van der Waals surface area contributed by atoms with Gasteiger partial charge in [-0.3, -0.25) is 23.4 Å². The zero-order valence-corrected chi connectivity index (χ0v) is 19.0. The molecule has 0 aliphatic heterocycles. The van der Waals surface area contributed by atoms with Gasteiger partial charge in [0.1, 0.15) is 22.9 Å². The second-order valence-corrected chi connectivity index (χ2v) is 9.48. The number of hydrogen-bond donors (Lipinski definition) is 6. The van der Waals surface area contributed by atoms with Crippen molar-refractivity contribution in [2.24, 2.45) is 5.73 Å². The Morgan fingerprint density at radius 1 is 1.17 bits per heavy atom. The van der Waals surface area contributed by atoms with E-state index in [1.54, 1.807) is 6.26 Å². The second-order valence-electron chi connectivity index (χ2n) is 6.22. The molecule has 0 heterocycles. The van der Waals surface area contributed by atoms with Gasteiger partial charge in [-0.05, 0) is 19.3 Å². The van der Waals surface area contributed by atoms with Gasteiger partial charge in [0.2, 0.25) is 11.8 Å². The first-order valence-corrected chi connectivity index (χ1v) is 12.1. The van der Waals surface area contributed by atoms with Crippen LogP contribution >= 0.6 is 24.0 Å². The summed E-state index contributed by atoms with van der Waals surface area (Å²) in [6.07, 6.45) is 2.86. The summed E-state index contributed by atoms with van der Waals surface area (Å²) in [5, 5.41) is 25.1. The average Bonchev–Trinajstić information content (AvgIpc) is 2.66. The summed E-state index contributed by atoms with van der Waals surface area (Å²) in [7, 11) is -0.846. The van der Waals surface area contributed by atoms with Gasteiger partial charge in [0.05, 0.1) is 0 Å². The minimum Gasteiger partial charge on any atom is -0.480 e. The number of thiocarbonyl (C=S) groups is 1. The summed E-state index contributed by atoms with van der Waals surface area (Å²) < 4.78 is 11.4. The molecule has 2 amide bonds. The smallest absolute Gasteiger partial charge is 0.322 e. The predicted molar refractivity (Wildman–Crippen MR) is 119 cm³/mol. The molecule has 0 aromatic carbocycles. The molecule has 0 bridgehead atoms. The fourth-order valence-electron chi connectivity index (χ4n) is 1.98. The summed E-state index contributed by atoms with van der Waals surface area (Å²) in [6, 6.07) is -2.27. The first-order valence-electron chi connectivity index (χ1n) is 9.00. The number of thioether (sulfide) groups is 1. The third-order valence-corrected chi connectivity index (χ3v) is 5.84. The van der Waals surface area contributed by atoms with Crippen LogP contribution in [0.3, 0.4) is 0 Å². The van der Waals surface area contributed by atoms with Crippen LogP contribution in [-0.4, -0.2) is 85.4 Å².